The molecular weight excluding hydrogens is 349 g/mol. The maximum absolute atomic E-state index is 12.9. The molecule has 0 aromatic heterocycles. The Hall–Kier alpha value is -3.09. The second kappa shape index (κ2) is 8.33. The summed E-state index contributed by atoms with van der Waals surface area (Å²) in [5, 5.41) is 9.96. The van der Waals surface area contributed by atoms with Gasteiger partial charge in [-0.3, -0.25) is 0 Å². The van der Waals surface area contributed by atoms with Gasteiger partial charge in [0.25, 0.3) is 0 Å². The number of hydrogen-bond donors (Lipinski definition) is 0. The lowest BCUT2D eigenvalue weighted by Gasteiger charge is -2.07. The zero-order chi connectivity index (χ0) is 18.4. The first-order chi connectivity index (χ1) is 12.7. The van der Waals surface area contributed by atoms with Crippen LogP contribution >= 0.6 is 11.6 Å². The molecule has 0 aliphatic carbocycles. The van der Waals surface area contributed by atoms with Gasteiger partial charge in [-0.1, -0.05) is 54.1 Å². The maximum Gasteiger partial charge on any atom is 0.123 e. The zero-order valence-corrected chi connectivity index (χ0v) is 14.6. The Bertz CT molecular complexity index is 957. The second-order valence-corrected chi connectivity index (χ2v) is 6.04. The van der Waals surface area contributed by atoms with Crippen molar-refractivity contribution in [3.63, 3.8) is 0 Å². The highest BCUT2D eigenvalue weighted by molar-refractivity contribution is 6.32. The molecule has 0 aliphatic heterocycles. The molecule has 0 atom stereocenters. The average Bonchev–Trinajstić information content (AvgIpc) is 2.67. The molecule has 4 heteroatoms. The molecule has 0 heterocycles. The van der Waals surface area contributed by atoms with Crippen LogP contribution in [0.15, 0.2) is 72.8 Å². The molecule has 0 N–H and O–H groups in total. The smallest absolute Gasteiger partial charge is 0.123 e. The molecule has 0 unspecified atom stereocenters. The van der Waals surface area contributed by atoms with E-state index in [1.807, 2.05) is 42.5 Å². The van der Waals surface area contributed by atoms with Crippen molar-refractivity contribution in [2.24, 2.45) is 0 Å². The lowest BCUT2D eigenvalue weighted by Crippen LogP contribution is -1.95. The van der Waals surface area contributed by atoms with Crippen molar-refractivity contribution in [1.82, 2.24) is 0 Å². The molecule has 0 bridgehead atoms. The van der Waals surface area contributed by atoms with Crippen LogP contribution in [0.1, 0.15) is 16.7 Å². The zero-order valence-electron chi connectivity index (χ0n) is 13.8. The molecule has 0 aliphatic rings. The topological polar surface area (TPSA) is 33.0 Å². The molecule has 0 amide bonds. The third kappa shape index (κ3) is 4.50. The highest BCUT2D eigenvalue weighted by Crippen LogP contribution is 2.25. The van der Waals surface area contributed by atoms with E-state index in [1.165, 1.54) is 12.1 Å². The molecule has 0 spiro atoms. The van der Waals surface area contributed by atoms with E-state index < -0.39 is 0 Å². The highest BCUT2D eigenvalue weighted by atomic mass is 35.5. The van der Waals surface area contributed by atoms with Gasteiger partial charge >= 0.3 is 0 Å². The number of halogens is 2. The van der Waals surface area contributed by atoms with Crippen LogP contribution in [0, 0.1) is 17.1 Å². The molecule has 3 aromatic carbocycles. The van der Waals surface area contributed by atoms with Crippen LogP contribution in [-0.2, 0) is 6.61 Å². The van der Waals surface area contributed by atoms with Gasteiger partial charge in [-0.2, -0.15) is 5.26 Å². The van der Waals surface area contributed by atoms with Crippen molar-refractivity contribution in [3.8, 4) is 11.8 Å². The fraction of sp³-hybridized carbons (Fsp3) is 0.0455. The minimum Gasteiger partial charge on any atom is -0.489 e. The van der Waals surface area contributed by atoms with Gasteiger partial charge < -0.3 is 4.74 Å². The number of benzene rings is 3. The van der Waals surface area contributed by atoms with Crippen LogP contribution in [0.5, 0.6) is 5.75 Å². The van der Waals surface area contributed by atoms with Gasteiger partial charge in [-0.25, -0.2) is 4.39 Å². The van der Waals surface area contributed by atoms with Gasteiger partial charge in [-0.05, 0) is 47.5 Å². The van der Waals surface area contributed by atoms with Crippen LogP contribution in [0.2, 0.25) is 5.02 Å². The number of allylic oxidation sites excluding steroid dienone is 1. The molecular formula is C22H15ClFNO. The van der Waals surface area contributed by atoms with E-state index in [2.05, 4.69) is 6.07 Å². The molecule has 3 aromatic rings. The van der Waals surface area contributed by atoms with Crippen molar-refractivity contribution in [1.29, 1.82) is 5.26 Å². The Balaban J connectivity index is 1.71. The maximum atomic E-state index is 12.9. The molecule has 128 valence electrons. The number of hydrogen-bond acceptors (Lipinski definition) is 2. The van der Waals surface area contributed by atoms with E-state index in [-0.39, 0.29) is 5.82 Å². The second-order valence-electron chi connectivity index (χ2n) is 5.63. The Kier molecular flexibility index (Phi) is 5.68. The van der Waals surface area contributed by atoms with E-state index in [0.29, 0.717) is 28.5 Å². The fourth-order valence-electron chi connectivity index (χ4n) is 2.42. The van der Waals surface area contributed by atoms with Gasteiger partial charge in [-0.15, -0.1) is 0 Å². The van der Waals surface area contributed by atoms with E-state index in [1.54, 1.807) is 24.3 Å². The van der Waals surface area contributed by atoms with E-state index in [4.69, 9.17) is 16.3 Å². The molecule has 3 rings (SSSR count). The number of nitrogens with zero attached hydrogens (tertiary/aromatic N) is 1. The minimum atomic E-state index is -0.267. The summed E-state index contributed by atoms with van der Waals surface area (Å²) in [5.74, 6) is 0.430. The molecule has 0 fully saturated rings. The largest absolute Gasteiger partial charge is 0.489 e. The van der Waals surface area contributed by atoms with Gasteiger partial charge in [0, 0.05) is 10.6 Å². The van der Waals surface area contributed by atoms with Crippen LogP contribution in [0.3, 0.4) is 0 Å². The first-order valence-electron chi connectivity index (χ1n) is 8.00. The normalized spacial score (nSPS) is 11.0. The quantitative estimate of drug-likeness (QED) is 0.404. The first-order valence-corrected chi connectivity index (χ1v) is 8.37. The standard InChI is InChI=1S/C22H15ClFNO/c23-22-4-2-1-3-21(22)18(14-25)13-16-7-11-20(12-8-16)26-15-17-5-9-19(24)10-6-17/h1-13H,15H2. The Labute approximate surface area is 156 Å². The van der Waals surface area contributed by atoms with Crippen molar-refractivity contribution >= 4 is 23.3 Å². The van der Waals surface area contributed by atoms with Gasteiger partial charge in [0.2, 0.25) is 0 Å². The summed E-state index contributed by atoms with van der Waals surface area (Å²) in [6.45, 7) is 0.360. The van der Waals surface area contributed by atoms with Gasteiger partial charge in [0.1, 0.15) is 18.2 Å². The first kappa shape index (κ1) is 17.7. The molecule has 0 saturated heterocycles. The Morgan fingerprint density at radius 2 is 1.69 bits per heavy atom. The van der Waals surface area contributed by atoms with E-state index >= 15 is 0 Å². The SMILES string of the molecule is N#CC(=Cc1ccc(OCc2ccc(F)cc2)cc1)c1ccccc1Cl. The number of rotatable bonds is 5. The Morgan fingerprint density at radius 1 is 1.00 bits per heavy atom. The summed E-state index contributed by atoms with van der Waals surface area (Å²) in [6.07, 6.45) is 1.78. The number of nitriles is 1. The third-order valence-electron chi connectivity index (χ3n) is 3.79. The Morgan fingerprint density at radius 3 is 2.35 bits per heavy atom. The number of ether oxygens (including phenoxy) is 1. The van der Waals surface area contributed by atoms with Crippen LogP contribution in [0.25, 0.3) is 11.6 Å². The van der Waals surface area contributed by atoms with Crippen molar-refractivity contribution in [3.05, 3.63) is 100 Å². The predicted molar refractivity (Wildman–Crippen MR) is 102 cm³/mol. The summed E-state index contributed by atoms with van der Waals surface area (Å²) >= 11 is 6.16. The van der Waals surface area contributed by atoms with E-state index in [9.17, 15) is 9.65 Å². The summed E-state index contributed by atoms with van der Waals surface area (Å²) in [7, 11) is 0. The molecule has 0 radical (unpaired) electrons. The predicted octanol–water partition coefficient (Wildman–Crippen LogP) is 6.12. The fourth-order valence-corrected chi connectivity index (χ4v) is 2.66. The summed E-state index contributed by atoms with van der Waals surface area (Å²) in [5.41, 5.74) is 2.96. The lowest BCUT2D eigenvalue weighted by molar-refractivity contribution is 0.306. The van der Waals surface area contributed by atoms with Crippen molar-refractivity contribution in [2.45, 2.75) is 6.61 Å². The van der Waals surface area contributed by atoms with Gasteiger partial charge in [0.15, 0.2) is 0 Å². The van der Waals surface area contributed by atoms with Gasteiger partial charge in [0.05, 0.1) is 11.6 Å². The van der Waals surface area contributed by atoms with Crippen LogP contribution in [-0.4, -0.2) is 0 Å². The van der Waals surface area contributed by atoms with Crippen molar-refractivity contribution < 1.29 is 9.13 Å². The van der Waals surface area contributed by atoms with E-state index in [0.717, 1.165) is 11.1 Å². The highest BCUT2D eigenvalue weighted by Gasteiger charge is 2.05. The molecule has 2 nitrogen and oxygen atoms in total. The average molecular weight is 364 g/mol. The van der Waals surface area contributed by atoms with Crippen LogP contribution in [0.4, 0.5) is 4.39 Å². The molecule has 26 heavy (non-hydrogen) atoms. The van der Waals surface area contributed by atoms with Crippen LogP contribution < -0.4 is 4.74 Å². The molecule has 0 saturated carbocycles. The monoisotopic (exact) mass is 363 g/mol. The minimum absolute atomic E-state index is 0.267. The lowest BCUT2D eigenvalue weighted by atomic mass is 10.0. The summed E-state index contributed by atoms with van der Waals surface area (Å²) < 4.78 is 18.6. The third-order valence-corrected chi connectivity index (χ3v) is 4.12. The summed E-state index contributed by atoms with van der Waals surface area (Å²) in [6, 6.07) is 23.0. The van der Waals surface area contributed by atoms with Crippen molar-refractivity contribution in [2.75, 3.05) is 0 Å². The summed E-state index contributed by atoms with van der Waals surface area (Å²) in [4.78, 5) is 0.